The Morgan fingerprint density at radius 2 is 1.39 bits per heavy atom. The summed E-state index contributed by atoms with van der Waals surface area (Å²) >= 11 is 0. The average molecular weight is 596 g/mol. The van der Waals surface area contributed by atoms with Crippen LogP contribution in [0.1, 0.15) is 71.6 Å². The van der Waals surface area contributed by atoms with Crippen molar-refractivity contribution in [3.05, 3.63) is 72.9 Å². The van der Waals surface area contributed by atoms with Crippen LogP contribution in [0.25, 0.3) is 0 Å². The van der Waals surface area contributed by atoms with Crippen molar-refractivity contribution in [1.29, 1.82) is 0 Å². The molecule has 0 saturated carbocycles. The van der Waals surface area contributed by atoms with Crippen molar-refractivity contribution in [3.8, 4) is 0 Å². The molecule has 1 amide bonds. The van der Waals surface area contributed by atoms with Gasteiger partial charge >= 0.3 is 7.82 Å². The molecule has 0 aromatic heterocycles. The molecular weight excluding hydrogens is 539 g/mol. The first-order valence-corrected chi connectivity index (χ1v) is 16.3. The number of quaternary nitrogens is 1. The zero-order valence-corrected chi connectivity index (χ0v) is 26.9. The first-order chi connectivity index (χ1) is 19.5. The summed E-state index contributed by atoms with van der Waals surface area (Å²) in [7, 11) is 1.49. The van der Waals surface area contributed by atoms with E-state index < -0.39 is 20.0 Å². The molecule has 0 bridgehead atoms. The van der Waals surface area contributed by atoms with Gasteiger partial charge in [0.2, 0.25) is 5.91 Å². The maximum absolute atomic E-state index is 12.5. The quantitative estimate of drug-likeness (QED) is 0.0505. The smallest absolute Gasteiger partial charge is 0.387 e. The summed E-state index contributed by atoms with van der Waals surface area (Å²) in [5.41, 5.74) is 0. The van der Waals surface area contributed by atoms with Crippen LogP contribution in [0.4, 0.5) is 0 Å². The SMILES string of the molecule is CC/C=C\C/C=C\C/C=C\C/C=C\C/C=C\CC(=O)NC(COP(=O)(O)OCC[N+](C)(C)C)C(O)/C=C/CCCC. The van der Waals surface area contributed by atoms with Crippen molar-refractivity contribution >= 4 is 13.7 Å². The molecule has 0 radical (unpaired) electrons. The fraction of sp³-hybridized carbons (Fsp3) is 0.594. The van der Waals surface area contributed by atoms with Crippen molar-refractivity contribution in [1.82, 2.24) is 5.32 Å². The predicted octanol–water partition coefficient (Wildman–Crippen LogP) is 6.56. The van der Waals surface area contributed by atoms with E-state index in [1.807, 2.05) is 39.4 Å². The number of nitrogens with zero attached hydrogens (tertiary/aromatic N) is 1. The number of phosphoric acid groups is 1. The molecule has 9 heteroatoms. The number of aliphatic hydroxyl groups excluding tert-OH is 1. The van der Waals surface area contributed by atoms with E-state index in [1.165, 1.54) is 0 Å². The summed E-state index contributed by atoms with van der Waals surface area (Å²) < 4.78 is 23.0. The maximum atomic E-state index is 12.5. The number of carbonyl (C=O) groups excluding carboxylic acids is 1. The van der Waals surface area contributed by atoms with Crippen molar-refractivity contribution in [2.24, 2.45) is 0 Å². The zero-order chi connectivity index (χ0) is 30.8. The maximum Gasteiger partial charge on any atom is 0.472 e. The van der Waals surface area contributed by atoms with Gasteiger partial charge in [0, 0.05) is 6.42 Å². The Labute approximate surface area is 249 Å². The average Bonchev–Trinajstić information content (AvgIpc) is 2.90. The van der Waals surface area contributed by atoms with Gasteiger partial charge in [0.1, 0.15) is 13.2 Å². The molecule has 0 aromatic carbocycles. The molecule has 0 spiro atoms. The largest absolute Gasteiger partial charge is 0.472 e. The highest BCUT2D eigenvalue weighted by atomic mass is 31.2. The first-order valence-electron chi connectivity index (χ1n) is 14.8. The molecule has 8 nitrogen and oxygen atoms in total. The van der Waals surface area contributed by atoms with Gasteiger partial charge in [0.15, 0.2) is 0 Å². The summed E-state index contributed by atoms with van der Waals surface area (Å²) in [4.78, 5) is 22.6. The molecule has 3 unspecified atom stereocenters. The second kappa shape index (κ2) is 24.5. The number of amides is 1. The normalized spacial score (nSPS) is 16.2. The Bertz CT molecular complexity index is 902. The number of likely N-dealkylation sites (N-methyl/N-ethyl adjacent to an activating group) is 1. The van der Waals surface area contributed by atoms with Crippen molar-refractivity contribution in [2.45, 2.75) is 83.8 Å². The van der Waals surface area contributed by atoms with E-state index in [-0.39, 0.29) is 25.5 Å². The van der Waals surface area contributed by atoms with E-state index in [0.29, 0.717) is 17.4 Å². The molecule has 0 aliphatic carbocycles. The monoisotopic (exact) mass is 595 g/mol. The fourth-order valence-corrected chi connectivity index (χ4v) is 4.00. The number of hydrogen-bond donors (Lipinski definition) is 3. The molecule has 0 heterocycles. The van der Waals surface area contributed by atoms with Crippen LogP contribution in [-0.2, 0) is 18.4 Å². The molecule has 0 rings (SSSR count). The number of unbranched alkanes of at least 4 members (excludes halogenated alkanes) is 2. The van der Waals surface area contributed by atoms with Crippen molar-refractivity contribution < 1.29 is 32.9 Å². The lowest BCUT2D eigenvalue weighted by Crippen LogP contribution is -2.45. The zero-order valence-electron chi connectivity index (χ0n) is 26.0. The minimum absolute atomic E-state index is 0.0395. The van der Waals surface area contributed by atoms with Crippen molar-refractivity contribution in [3.63, 3.8) is 0 Å². The number of phosphoric ester groups is 1. The van der Waals surface area contributed by atoms with Gasteiger partial charge in [-0.1, -0.05) is 99.6 Å². The Balaban J connectivity index is 4.65. The minimum Gasteiger partial charge on any atom is -0.387 e. The van der Waals surface area contributed by atoms with Crippen LogP contribution in [0.2, 0.25) is 0 Å². The van der Waals surface area contributed by atoms with Crippen molar-refractivity contribution in [2.75, 3.05) is 40.9 Å². The van der Waals surface area contributed by atoms with Gasteiger partial charge < -0.3 is 19.8 Å². The van der Waals surface area contributed by atoms with Crippen LogP contribution in [0.15, 0.2) is 72.9 Å². The summed E-state index contributed by atoms with van der Waals surface area (Å²) in [6, 6.07) is -0.898. The van der Waals surface area contributed by atoms with Crippen LogP contribution in [-0.4, -0.2) is 73.4 Å². The number of carbonyl (C=O) groups is 1. The second-order valence-electron chi connectivity index (χ2n) is 10.8. The molecular formula is C32H56N2O6P+. The molecule has 234 valence electrons. The Morgan fingerprint density at radius 3 is 1.90 bits per heavy atom. The summed E-state index contributed by atoms with van der Waals surface area (Å²) in [6.45, 7) is 4.40. The summed E-state index contributed by atoms with van der Waals surface area (Å²) in [6.07, 6.45) is 30.5. The third-order valence-corrected chi connectivity index (χ3v) is 6.70. The van der Waals surface area contributed by atoms with E-state index in [4.69, 9.17) is 9.05 Å². The van der Waals surface area contributed by atoms with Gasteiger partial charge in [0.05, 0.1) is 39.9 Å². The van der Waals surface area contributed by atoms with Gasteiger partial charge in [-0.25, -0.2) is 4.57 Å². The highest BCUT2D eigenvalue weighted by molar-refractivity contribution is 7.47. The highest BCUT2D eigenvalue weighted by Crippen LogP contribution is 2.43. The van der Waals surface area contributed by atoms with Crippen LogP contribution in [0.3, 0.4) is 0 Å². The van der Waals surface area contributed by atoms with Gasteiger partial charge in [0.25, 0.3) is 0 Å². The molecule has 0 aliphatic heterocycles. The molecule has 3 N–H and O–H groups in total. The lowest BCUT2D eigenvalue weighted by atomic mass is 10.1. The number of allylic oxidation sites excluding steroid dienone is 10. The van der Waals surface area contributed by atoms with Crippen LogP contribution < -0.4 is 5.32 Å². The number of nitrogens with one attached hydrogen (secondary N) is 1. The third-order valence-electron chi connectivity index (χ3n) is 5.71. The fourth-order valence-electron chi connectivity index (χ4n) is 3.27. The number of rotatable bonds is 24. The molecule has 0 fully saturated rings. The number of aliphatic hydroxyl groups is 1. The highest BCUT2D eigenvalue weighted by Gasteiger charge is 2.27. The molecule has 0 saturated heterocycles. The summed E-state index contributed by atoms with van der Waals surface area (Å²) in [5.74, 6) is -0.320. The molecule has 0 aliphatic rings. The lowest BCUT2D eigenvalue weighted by molar-refractivity contribution is -0.870. The van der Waals surface area contributed by atoms with E-state index in [2.05, 4.69) is 61.7 Å². The van der Waals surface area contributed by atoms with Gasteiger partial charge in [-0.05, 0) is 38.5 Å². The molecule has 0 aromatic rings. The van der Waals surface area contributed by atoms with Gasteiger partial charge in [-0.3, -0.25) is 13.8 Å². The Kier molecular flexibility index (Phi) is 23.3. The number of hydrogen-bond acceptors (Lipinski definition) is 5. The van der Waals surface area contributed by atoms with Gasteiger partial charge in [-0.15, -0.1) is 0 Å². The second-order valence-corrected chi connectivity index (χ2v) is 12.2. The first kappa shape index (κ1) is 38.9. The third kappa shape index (κ3) is 26.6. The minimum atomic E-state index is -4.33. The summed E-state index contributed by atoms with van der Waals surface area (Å²) in [5, 5.41) is 13.3. The van der Waals surface area contributed by atoms with E-state index in [1.54, 1.807) is 12.2 Å². The van der Waals surface area contributed by atoms with E-state index in [0.717, 1.165) is 44.9 Å². The van der Waals surface area contributed by atoms with E-state index >= 15 is 0 Å². The lowest BCUT2D eigenvalue weighted by Gasteiger charge is -2.25. The predicted molar refractivity (Wildman–Crippen MR) is 170 cm³/mol. The van der Waals surface area contributed by atoms with Crippen LogP contribution in [0.5, 0.6) is 0 Å². The topological polar surface area (TPSA) is 105 Å². The standard InChI is InChI=1S/C32H55N2O6P/c1-6-8-10-12-13-14-15-16-17-18-19-20-21-22-24-26-32(36)33-30(31(35)25-23-11-9-7-2)29-40-41(37,38)39-28-27-34(3,4)5/h8,10,13-14,16-17,19-20,22-25,30-31,35H,6-7,9,11-12,15,18,21,26-29H2,1-5H3,(H-,33,36,37,38)/p+1/b10-8-,14-13-,17-16-,20-19-,24-22-,25-23+. The van der Waals surface area contributed by atoms with E-state index in [9.17, 15) is 19.4 Å². The van der Waals surface area contributed by atoms with Crippen LogP contribution in [0, 0.1) is 0 Å². The molecule has 41 heavy (non-hydrogen) atoms. The van der Waals surface area contributed by atoms with Crippen LogP contribution >= 0.6 is 7.82 Å². The Morgan fingerprint density at radius 1 is 0.854 bits per heavy atom. The molecule has 3 atom stereocenters. The van der Waals surface area contributed by atoms with Gasteiger partial charge in [-0.2, -0.15) is 0 Å². The Hall–Kier alpha value is -2.06.